The molecule has 0 radical (unpaired) electrons. The monoisotopic (exact) mass is 367 g/mol. The molecule has 1 aromatic rings. The number of benzene rings is 1. The van der Waals surface area contributed by atoms with Gasteiger partial charge in [0.15, 0.2) is 0 Å². The number of hydrogen-bond acceptors (Lipinski definition) is 6. The van der Waals surface area contributed by atoms with Crippen molar-refractivity contribution >= 4 is 11.7 Å². The Labute approximate surface area is 157 Å². The molecule has 2 atom stereocenters. The Morgan fingerprint density at radius 2 is 2.19 bits per heavy atom. The molecule has 1 heterocycles. The molecule has 0 bridgehead atoms. The number of hydrogen-bond donors (Lipinski definition) is 2. The first-order chi connectivity index (χ1) is 12.9. The van der Waals surface area contributed by atoms with E-state index in [1.165, 1.54) is 12.1 Å². The fourth-order valence-electron chi connectivity index (χ4n) is 3.16. The molecule has 140 valence electrons. The first-order valence-corrected chi connectivity index (χ1v) is 8.54. The van der Waals surface area contributed by atoms with E-state index < -0.39 is 5.97 Å². The van der Waals surface area contributed by atoms with Gasteiger partial charge in [0.25, 0.3) is 0 Å². The topological polar surface area (TPSA) is 97.0 Å². The SMILES string of the molecule is CN(C)CCOC1=CC2C(C=C1)C(C#N)=CN2c1ccc(C(=O)O)c(O)c1. The highest BCUT2D eigenvalue weighted by atomic mass is 16.5. The summed E-state index contributed by atoms with van der Waals surface area (Å²) in [4.78, 5) is 15.0. The molecule has 0 spiro atoms. The van der Waals surface area contributed by atoms with Gasteiger partial charge in [-0.2, -0.15) is 5.26 Å². The number of likely N-dealkylation sites (N-methyl/N-ethyl adjacent to an activating group) is 1. The summed E-state index contributed by atoms with van der Waals surface area (Å²) in [7, 11) is 3.94. The zero-order chi connectivity index (χ0) is 19.6. The molecule has 0 aromatic heterocycles. The van der Waals surface area contributed by atoms with Crippen LogP contribution in [0.1, 0.15) is 10.4 Å². The number of allylic oxidation sites excluding steroid dienone is 1. The van der Waals surface area contributed by atoms with E-state index in [1.54, 1.807) is 12.3 Å². The molecule has 0 saturated carbocycles. The van der Waals surface area contributed by atoms with Gasteiger partial charge < -0.3 is 24.7 Å². The Bertz CT molecular complexity index is 880. The number of aromatic carboxylic acids is 1. The van der Waals surface area contributed by atoms with Crippen molar-refractivity contribution in [3.8, 4) is 11.8 Å². The van der Waals surface area contributed by atoms with E-state index >= 15 is 0 Å². The lowest BCUT2D eigenvalue weighted by Crippen LogP contribution is -2.32. The molecular weight excluding hydrogens is 346 g/mol. The number of rotatable bonds is 6. The second-order valence-electron chi connectivity index (χ2n) is 6.71. The zero-order valence-electron chi connectivity index (χ0n) is 15.2. The summed E-state index contributed by atoms with van der Waals surface area (Å²) in [5, 5.41) is 28.5. The van der Waals surface area contributed by atoms with Crippen LogP contribution in [0, 0.1) is 17.2 Å². The average molecular weight is 367 g/mol. The van der Waals surface area contributed by atoms with Gasteiger partial charge in [0.05, 0.1) is 17.7 Å². The summed E-state index contributed by atoms with van der Waals surface area (Å²) < 4.78 is 5.80. The van der Waals surface area contributed by atoms with Gasteiger partial charge >= 0.3 is 5.97 Å². The molecule has 7 heteroatoms. The van der Waals surface area contributed by atoms with Crippen molar-refractivity contribution in [2.45, 2.75) is 6.04 Å². The van der Waals surface area contributed by atoms with Gasteiger partial charge in [0.2, 0.25) is 0 Å². The molecule has 1 aliphatic heterocycles. The predicted molar refractivity (Wildman–Crippen MR) is 100 cm³/mol. The number of carboxylic acid groups (broad SMARTS) is 1. The number of nitrogens with zero attached hydrogens (tertiary/aromatic N) is 3. The van der Waals surface area contributed by atoms with E-state index in [2.05, 4.69) is 6.07 Å². The molecule has 2 unspecified atom stereocenters. The van der Waals surface area contributed by atoms with E-state index in [1.807, 2.05) is 42.1 Å². The fourth-order valence-corrected chi connectivity index (χ4v) is 3.16. The number of phenols is 1. The van der Waals surface area contributed by atoms with Crippen LogP contribution < -0.4 is 4.90 Å². The van der Waals surface area contributed by atoms with Crippen LogP contribution in [0.25, 0.3) is 0 Å². The lowest BCUT2D eigenvalue weighted by Gasteiger charge is -2.29. The first kappa shape index (κ1) is 18.5. The lowest BCUT2D eigenvalue weighted by atomic mass is 9.91. The minimum atomic E-state index is -1.19. The summed E-state index contributed by atoms with van der Waals surface area (Å²) in [6.45, 7) is 1.34. The summed E-state index contributed by atoms with van der Waals surface area (Å²) >= 11 is 0. The molecule has 1 aliphatic carbocycles. The smallest absolute Gasteiger partial charge is 0.339 e. The molecule has 0 saturated heterocycles. The van der Waals surface area contributed by atoms with E-state index in [0.717, 1.165) is 12.3 Å². The van der Waals surface area contributed by atoms with E-state index in [9.17, 15) is 15.2 Å². The number of nitriles is 1. The van der Waals surface area contributed by atoms with E-state index in [-0.39, 0.29) is 23.3 Å². The molecule has 0 amide bonds. The van der Waals surface area contributed by atoms with Crippen molar-refractivity contribution in [1.82, 2.24) is 4.90 Å². The van der Waals surface area contributed by atoms with Crippen LogP contribution in [0.4, 0.5) is 5.69 Å². The average Bonchev–Trinajstić information content (AvgIpc) is 2.99. The molecule has 7 nitrogen and oxygen atoms in total. The highest BCUT2D eigenvalue weighted by Crippen LogP contribution is 2.38. The second-order valence-corrected chi connectivity index (χ2v) is 6.71. The molecule has 3 rings (SSSR count). The fraction of sp³-hybridized carbons (Fsp3) is 0.300. The number of fused-ring (bicyclic) bond motifs is 1. The first-order valence-electron chi connectivity index (χ1n) is 8.54. The van der Waals surface area contributed by atoms with Crippen molar-refractivity contribution in [2.24, 2.45) is 5.92 Å². The van der Waals surface area contributed by atoms with Gasteiger partial charge in [-0.05, 0) is 38.4 Å². The van der Waals surface area contributed by atoms with Gasteiger partial charge in [-0.15, -0.1) is 0 Å². The number of carbonyl (C=O) groups is 1. The van der Waals surface area contributed by atoms with Crippen LogP contribution in [0.5, 0.6) is 5.75 Å². The largest absolute Gasteiger partial charge is 0.507 e. The van der Waals surface area contributed by atoms with Crippen molar-refractivity contribution in [2.75, 3.05) is 32.1 Å². The van der Waals surface area contributed by atoms with Crippen LogP contribution >= 0.6 is 0 Å². The Balaban J connectivity index is 1.87. The number of carboxylic acids is 1. The molecule has 0 fully saturated rings. The Morgan fingerprint density at radius 3 is 2.81 bits per heavy atom. The highest BCUT2D eigenvalue weighted by molar-refractivity contribution is 5.91. The van der Waals surface area contributed by atoms with Gasteiger partial charge in [0, 0.05) is 30.4 Å². The van der Waals surface area contributed by atoms with Crippen LogP contribution in [-0.4, -0.2) is 54.4 Å². The highest BCUT2D eigenvalue weighted by Gasteiger charge is 2.36. The minimum absolute atomic E-state index is 0.113. The normalized spacial score (nSPS) is 20.7. The minimum Gasteiger partial charge on any atom is -0.507 e. The third-order valence-corrected chi connectivity index (χ3v) is 4.58. The van der Waals surface area contributed by atoms with Gasteiger partial charge in [-0.3, -0.25) is 0 Å². The van der Waals surface area contributed by atoms with Crippen LogP contribution in [0.15, 0.2) is 54.0 Å². The maximum Gasteiger partial charge on any atom is 0.339 e. The maximum absolute atomic E-state index is 11.1. The van der Waals surface area contributed by atoms with Gasteiger partial charge in [0.1, 0.15) is 23.7 Å². The van der Waals surface area contributed by atoms with Crippen molar-refractivity contribution in [1.29, 1.82) is 5.26 Å². The summed E-state index contributed by atoms with van der Waals surface area (Å²) in [6.07, 6.45) is 7.49. The Hall–Kier alpha value is -3.24. The second kappa shape index (κ2) is 7.56. The quantitative estimate of drug-likeness (QED) is 0.796. The predicted octanol–water partition coefficient (Wildman–Crippen LogP) is 2.33. The summed E-state index contributed by atoms with van der Waals surface area (Å²) in [5.41, 5.74) is 1.05. The molecule has 2 N–H and O–H groups in total. The Kier molecular flexibility index (Phi) is 5.19. The van der Waals surface area contributed by atoms with E-state index in [0.29, 0.717) is 17.9 Å². The van der Waals surface area contributed by atoms with Crippen molar-refractivity contribution in [3.63, 3.8) is 0 Å². The van der Waals surface area contributed by atoms with E-state index in [4.69, 9.17) is 9.84 Å². The van der Waals surface area contributed by atoms with Crippen LogP contribution in [0.3, 0.4) is 0 Å². The molecular formula is C20H21N3O4. The number of ether oxygens (including phenoxy) is 1. The Morgan fingerprint density at radius 1 is 1.41 bits per heavy atom. The molecule has 2 aliphatic rings. The van der Waals surface area contributed by atoms with Crippen molar-refractivity contribution in [3.05, 3.63) is 59.5 Å². The molecule has 27 heavy (non-hydrogen) atoms. The third-order valence-electron chi connectivity index (χ3n) is 4.58. The maximum atomic E-state index is 11.1. The number of anilines is 1. The van der Waals surface area contributed by atoms with Gasteiger partial charge in [-0.1, -0.05) is 6.08 Å². The third kappa shape index (κ3) is 3.81. The molecule has 1 aromatic carbocycles. The van der Waals surface area contributed by atoms with Crippen LogP contribution in [-0.2, 0) is 4.74 Å². The van der Waals surface area contributed by atoms with Crippen molar-refractivity contribution < 1.29 is 19.7 Å². The van der Waals surface area contributed by atoms with Crippen LogP contribution in [0.2, 0.25) is 0 Å². The lowest BCUT2D eigenvalue weighted by molar-refractivity contribution is 0.0694. The summed E-state index contributed by atoms with van der Waals surface area (Å²) in [6, 6.07) is 6.42. The standard InChI is InChI=1S/C20H21N3O4/c1-22(2)7-8-27-15-4-6-16-13(11-21)12-23(18(16)10-15)14-3-5-17(20(25)26)19(24)9-14/h3-6,9-10,12,16,18,24H,7-8H2,1-2H3,(H,25,26). The number of aromatic hydroxyl groups is 1. The zero-order valence-corrected chi connectivity index (χ0v) is 15.2. The summed E-state index contributed by atoms with van der Waals surface area (Å²) in [5.74, 6) is -0.892. The van der Waals surface area contributed by atoms with Gasteiger partial charge in [-0.25, -0.2) is 4.79 Å².